The predicted octanol–water partition coefficient (Wildman–Crippen LogP) is 3.93. The van der Waals surface area contributed by atoms with Gasteiger partial charge in [-0.05, 0) is 49.6 Å². The molecule has 0 unspecified atom stereocenters. The Kier molecular flexibility index (Phi) is 6.53. The lowest BCUT2D eigenvalue weighted by molar-refractivity contribution is -0.135. The lowest BCUT2D eigenvalue weighted by Gasteiger charge is -2.40. The van der Waals surface area contributed by atoms with Gasteiger partial charge in [-0.25, -0.2) is 8.42 Å². The number of hydrogen-bond acceptors (Lipinski definition) is 4. The van der Waals surface area contributed by atoms with Crippen molar-refractivity contribution in [1.29, 1.82) is 0 Å². The second kappa shape index (κ2) is 9.02. The Labute approximate surface area is 191 Å². The SMILES string of the molecule is O=C1[C@@H]2CCC[C@H]([C@@H](CF)CN1Cc1ccccn1)N2S(=O)(=O)c1cc(Cl)cc(Cl)c1. The Balaban J connectivity index is 1.75. The van der Waals surface area contributed by atoms with Crippen molar-refractivity contribution in [2.75, 3.05) is 13.2 Å². The Morgan fingerprint density at radius 3 is 2.52 bits per heavy atom. The highest BCUT2D eigenvalue weighted by atomic mass is 35.5. The summed E-state index contributed by atoms with van der Waals surface area (Å²) in [7, 11) is -4.13. The van der Waals surface area contributed by atoms with Crippen molar-refractivity contribution in [3.05, 3.63) is 58.3 Å². The molecule has 2 bridgehead atoms. The minimum absolute atomic E-state index is 0.0921. The minimum Gasteiger partial charge on any atom is -0.335 e. The van der Waals surface area contributed by atoms with Crippen LogP contribution >= 0.6 is 23.2 Å². The summed E-state index contributed by atoms with van der Waals surface area (Å²) in [6.45, 7) is -0.391. The summed E-state index contributed by atoms with van der Waals surface area (Å²) in [5.74, 6) is -0.967. The number of sulfonamides is 1. The molecule has 2 aromatic rings. The molecule has 1 amide bonds. The van der Waals surface area contributed by atoms with Crippen LogP contribution < -0.4 is 0 Å². The van der Waals surface area contributed by atoms with Gasteiger partial charge in [-0.3, -0.25) is 14.2 Å². The van der Waals surface area contributed by atoms with Crippen molar-refractivity contribution in [1.82, 2.24) is 14.2 Å². The third-order valence-electron chi connectivity index (χ3n) is 5.90. The fourth-order valence-electron chi connectivity index (χ4n) is 4.51. The highest BCUT2D eigenvalue weighted by Crippen LogP contribution is 2.38. The van der Waals surface area contributed by atoms with Crippen LogP contribution in [0.15, 0.2) is 47.5 Å². The Morgan fingerprint density at radius 1 is 1.13 bits per heavy atom. The molecular weight excluding hydrogens is 464 g/mol. The Bertz CT molecular complexity index is 1050. The van der Waals surface area contributed by atoms with Gasteiger partial charge in [0.15, 0.2) is 0 Å². The van der Waals surface area contributed by atoms with Crippen LogP contribution in [0.2, 0.25) is 10.0 Å². The highest BCUT2D eigenvalue weighted by molar-refractivity contribution is 7.89. The molecule has 0 aliphatic carbocycles. The van der Waals surface area contributed by atoms with E-state index in [1.807, 2.05) is 6.07 Å². The number of pyridine rings is 1. The molecule has 2 fully saturated rings. The molecule has 0 radical (unpaired) electrons. The summed E-state index contributed by atoms with van der Waals surface area (Å²) < 4.78 is 42.6. The smallest absolute Gasteiger partial charge is 0.244 e. The molecule has 2 aliphatic rings. The van der Waals surface area contributed by atoms with Crippen LogP contribution in [0.4, 0.5) is 4.39 Å². The van der Waals surface area contributed by atoms with E-state index >= 15 is 0 Å². The molecule has 0 spiro atoms. The van der Waals surface area contributed by atoms with Crippen molar-refractivity contribution in [3.8, 4) is 0 Å². The van der Waals surface area contributed by atoms with E-state index in [1.165, 1.54) is 27.4 Å². The molecule has 3 heterocycles. The van der Waals surface area contributed by atoms with E-state index < -0.39 is 34.7 Å². The standard InChI is InChI=1S/C21H22Cl2FN3O3S/c22-15-8-16(23)10-18(9-15)31(29,30)27-19-5-3-6-20(27)21(28)26(12-14(19)11-24)13-17-4-1-2-7-25-17/h1-2,4,7-10,14,19-20H,3,5-6,11-13H2/t14-,19+,20-/m0/s1. The van der Waals surface area contributed by atoms with Gasteiger partial charge in [0, 0.05) is 34.7 Å². The third kappa shape index (κ3) is 4.44. The first kappa shape index (κ1) is 22.5. The molecule has 31 heavy (non-hydrogen) atoms. The third-order valence-corrected chi connectivity index (χ3v) is 8.24. The van der Waals surface area contributed by atoms with Gasteiger partial charge >= 0.3 is 0 Å². The van der Waals surface area contributed by atoms with Gasteiger partial charge in [0.1, 0.15) is 6.04 Å². The molecule has 3 atom stereocenters. The molecule has 166 valence electrons. The number of piperidine rings is 1. The quantitative estimate of drug-likeness (QED) is 0.643. The number of carbonyl (C=O) groups is 1. The van der Waals surface area contributed by atoms with E-state index in [0.29, 0.717) is 25.0 Å². The minimum atomic E-state index is -4.13. The number of nitrogens with zero attached hydrogens (tertiary/aromatic N) is 3. The summed E-state index contributed by atoms with van der Waals surface area (Å²) in [4.78, 5) is 19.2. The average molecular weight is 486 g/mol. The summed E-state index contributed by atoms with van der Waals surface area (Å²) in [5.41, 5.74) is 0.668. The molecule has 1 aromatic carbocycles. The molecule has 0 N–H and O–H groups in total. The average Bonchev–Trinajstić information content (AvgIpc) is 2.81. The van der Waals surface area contributed by atoms with Gasteiger partial charge in [0.2, 0.25) is 15.9 Å². The van der Waals surface area contributed by atoms with Crippen molar-refractivity contribution >= 4 is 39.1 Å². The van der Waals surface area contributed by atoms with Crippen LogP contribution in [0.25, 0.3) is 0 Å². The number of halogens is 3. The van der Waals surface area contributed by atoms with Crippen LogP contribution in [-0.2, 0) is 21.4 Å². The molecule has 2 saturated heterocycles. The highest BCUT2D eigenvalue weighted by Gasteiger charge is 2.50. The van der Waals surface area contributed by atoms with Gasteiger partial charge in [-0.1, -0.05) is 29.3 Å². The number of fused-ring (bicyclic) bond motifs is 2. The molecule has 1 aromatic heterocycles. The zero-order chi connectivity index (χ0) is 22.2. The first-order valence-corrected chi connectivity index (χ1v) is 12.2. The molecule has 2 aliphatic heterocycles. The molecular formula is C21H22Cl2FN3O3S. The predicted molar refractivity (Wildman–Crippen MR) is 116 cm³/mol. The van der Waals surface area contributed by atoms with E-state index in [0.717, 1.165) is 0 Å². The zero-order valence-corrected chi connectivity index (χ0v) is 19.0. The van der Waals surface area contributed by atoms with Crippen LogP contribution in [-0.4, -0.2) is 53.8 Å². The van der Waals surface area contributed by atoms with Gasteiger partial charge in [0.05, 0.1) is 23.8 Å². The summed E-state index contributed by atoms with van der Waals surface area (Å²) in [6, 6.07) is 7.91. The fraction of sp³-hybridized carbons (Fsp3) is 0.429. The van der Waals surface area contributed by atoms with Crippen molar-refractivity contribution in [3.63, 3.8) is 0 Å². The van der Waals surface area contributed by atoms with Gasteiger partial charge < -0.3 is 4.90 Å². The van der Waals surface area contributed by atoms with E-state index in [9.17, 15) is 17.6 Å². The number of benzene rings is 1. The number of rotatable bonds is 5. The number of hydrogen-bond donors (Lipinski definition) is 0. The summed E-state index contributed by atoms with van der Waals surface area (Å²) >= 11 is 12.1. The summed E-state index contributed by atoms with van der Waals surface area (Å²) in [5, 5.41) is 0.354. The number of alkyl halides is 1. The van der Waals surface area contributed by atoms with Crippen molar-refractivity contribution in [2.24, 2.45) is 5.92 Å². The van der Waals surface area contributed by atoms with E-state index in [-0.39, 0.29) is 33.9 Å². The van der Waals surface area contributed by atoms with Crippen molar-refractivity contribution < 1.29 is 17.6 Å². The zero-order valence-electron chi connectivity index (χ0n) is 16.6. The first-order chi connectivity index (χ1) is 14.8. The molecule has 6 nitrogen and oxygen atoms in total. The van der Waals surface area contributed by atoms with Crippen LogP contribution in [0, 0.1) is 5.92 Å². The van der Waals surface area contributed by atoms with Gasteiger partial charge in [-0.2, -0.15) is 4.31 Å². The number of amides is 1. The second-order valence-electron chi connectivity index (χ2n) is 7.91. The van der Waals surface area contributed by atoms with Crippen LogP contribution in [0.5, 0.6) is 0 Å². The molecule has 10 heteroatoms. The summed E-state index contributed by atoms with van der Waals surface area (Å²) in [6.07, 6.45) is 3.14. The van der Waals surface area contributed by atoms with Gasteiger partial charge in [-0.15, -0.1) is 0 Å². The first-order valence-electron chi connectivity index (χ1n) is 10.1. The Hall–Kier alpha value is -1.74. The normalized spacial score (nSPS) is 24.8. The molecule has 0 saturated carbocycles. The van der Waals surface area contributed by atoms with E-state index in [1.54, 1.807) is 18.3 Å². The maximum Gasteiger partial charge on any atom is 0.244 e. The van der Waals surface area contributed by atoms with Crippen LogP contribution in [0.3, 0.4) is 0 Å². The topological polar surface area (TPSA) is 70.6 Å². The van der Waals surface area contributed by atoms with Gasteiger partial charge in [0.25, 0.3) is 0 Å². The van der Waals surface area contributed by atoms with Crippen LogP contribution in [0.1, 0.15) is 25.0 Å². The maximum atomic E-state index is 14.2. The maximum absolute atomic E-state index is 14.2. The fourth-order valence-corrected chi connectivity index (χ4v) is 7.13. The lowest BCUT2D eigenvalue weighted by Crippen LogP contribution is -2.54. The molecule has 4 rings (SSSR count). The number of aromatic nitrogens is 1. The Morgan fingerprint density at radius 2 is 1.87 bits per heavy atom. The lowest BCUT2D eigenvalue weighted by atomic mass is 9.91. The number of carbonyl (C=O) groups excluding carboxylic acids is 1. The van der Waals surface area contributed by atoms with E-state index in [2.05, 4.69) is 4.98 Å². The van der Waals surface area contributed by atoms with Crippen molar-refractivity contribution in [2.45, 2.75) is 42.8 Å². The van der Waals surface area contributed by atoms with E-state index in [4.69, 9.17) is 23.2 Å². The largest absolute Gasteiger partial charge is 0.335 e. The second-order valence-corrected chi connectivity index (χ2v) is 10.6. The monoisotopic (exact) mass is 485 g/mol.